The van der Waals surface area contributed by atoms with Crippen molar-refractivity contribution in [2.75, 3.05) is 0 Å². The summed E-state index contributed by atoms with van der Waals surface area (Å²) in [6, 6.07) is 14.8. The number of benzene rings is 3. The molecule has 0 atom stereocenters. The van der Waals surface area contributed by atoms with E-state index in [-0.39, 0.29) is 11.5 Å². The smallest absolute Gasteiger partial charge is 0.118 e. The van der Waals surface area contributed by atoms with E-state index in [0.29, 0.717) is 5.69 Å². The van der Waals surface area contributed by atoms with E-state index in [0.717, 1.165) is 38.9 Å². The van der Waals surface area contributed by atoms with Crippen molar-refractivity contribution in [1.82, 2.24) is 0 Å². The fraction of sp³-hybridized carbons (Fsp3) is 0.250. The molecule has 0 aliphatic heterocycles. The van der Waals surface area contributed by atoms with Gasteiger partial charge in [0.05, 0.1) is 0 Å². The summed E-state index contributed by atoms with van der Waals surface area (Å²) >= 11 is 0. The van der Waals surface area contributed by atoms with E-state index in [1.54, 1.807) is 24.3 Å². The van der Waals surface area contributed by atoms with Gasteiger partial charge in [0, 0.05) is 5.41 Å². The highest BCUT2D eigenvalue weighted by atomic mass is 16.3. The lowest BCUT2D eigenvalue weighted by atomic mass is 9.67. The summed E-state index contributed by atoms with van der Waals surface area (Å²) in [6.45, 7) is 9.68. The van der Waals surface area contributed by atoms with Gasteiger partial charge in [-0.3, -0.25) is 0 Å². The Kier molecular flexibility index (Phi) is 4.99. The van der Waals surface area contributed by atoms with Crippen molar-refractivity contribution in [2.24, 2.45) is 5.18 Å². The van der Waals surface area contributed by atoms with Gasteiger partial charge in [0.15, 0.2) is 0 Å². The molecular weight excluding hydrogens is 350 g/mol. The van der Waals surface area contributed by atoms with Gasteiger partial charge in [-0.15, -0.1) is 4.91 Å². The van der Waals surface area contributed by atoms with Gasteiger partial charge in [-0.1, -0.05) is 30.3 Å². The molecule has 3 rings (SSSR count). The summed E-state index contributed by atoms with van der Waals surface area (Å²) in [5, 5.41) is 23.6. The number of rotatable bonds is 4. The predicted octanol–water partition coefficient (Wildman–Crippen LogP) is 6.08. The van der Waals surface area contributed by atoms with Crippen LogP contribution in [0.1, 0.15) is 45.9 Å². The molecule has 0 aliphatic carbocycles. The lowest BCUT2D eigenvalue weighted by Gasteiger charge is -2.35. The molecule has 0 unspecified atom stereocenters. The van der Waals surface area contributed by atoms with E-state index in [4.69, 9.17) is 0 Å². The number of phenols is 2. The van der Waals surface area contributed by atoms with Crippen LogP contribution < -0.4 is 0 Å². The van der Waals surface area contributed by atoms with E-state index in [1.807, 2.05) is 52.0 Å². The maximum absolute atomic E-state index is 11.6. The van der Waals surface area contributed by atoms with E-state index in [2.05, 4.69) is 12.1 Å². The Morgan fingerprint density at radius 1 is 0.714 bits per heavy atom. The number of nitroso groups, excluding NO2 is 1. The average molecular weight is 375 g/mol. The van der Waals surface area contributed by atoms with E-state index in [9.17, 15) is 15.1 Å². The van der Waals surface area contributed by atoms with Crippen molar-refractivity contribution in [3.8, 4) is 11.5 Å². The molecule has 0 spiro atoms. The summed E-state index contributed by atoms with van der Waals surface area (Å²) in [7, 11) is 0. The van der Waals surface area contributed by atoms with Crippen molar-refractivity contribution in [2.45, 2.75) is 40.0 Å². The first-order valence-electron chi connectivity index (χ1n) is 9.24. The summed E-state index contributed by atoms with van der Waals surface area (Å²) in [6.07, 6.45) is 0. The van der Waals surface area contributed by atoms with Gasteiger partial charge in [0.25, 0.3) is 0 Å². The zero-order valence-electron chi connectivity index (χ0n) is 16.9. The van der Waals surface area contributed by atoms with Crippen LogP contribution in [0.2, 0.25) is 0 Å². The Morgan fingerprint density at radius 3 is 1.64 bits per heavy atom. The molecule has 2 N–H and O–H groups in total. The van der Waals surface area contributed by atoms with Crippen molar-refractivity contribution in [3.63, 3.8) is 0 Å². The van der Waals surface area contributed by atoms with Crippen molar-refractivity contribution in [1.29, 1.82) is 0 Å². The van der Waals surface area contributed by atoms with Crippen molar-refractivity contribution >= 4 is 5.69 Å². The summed E-state index contributed by atoms with van der Waals surface area (Å²) < 4.78 is 0. The monoisotopic (exact) mass is 375 g/mol. The summed E-state index contributed by atoms with van der Waals surface area (Å²) in [5.74, 6) is 0.480. The number of hydrogen-bond donors (Lipinski definition) is 2. The fourth-order valence-electron chi connectivity index (χ4n) is 4.09. The molecule has 0 saturated carbocycles. The molecule has 0 amide bonds. The molecule has 3 aromatic rings. The first-order chi connectivity index (χ1) is 13.2. The standard InChI is InChI=1S/C24H25NO3/c1-14-12-22(26)16(3)10-19(14)24(5,18-8-6-7-9-21(18)25-28)20-11-17(4)23(27)13-15(20)2/h6-13,26-27H,1-5H3. The molecule has 144 valence electrons. The van der Waals surface area contributed by atoms with Crippen LogP contribution >= 0.6 is 0 Å². The number of aryl methyl sites for hydroxylation is 4. The van der Waals surface area contributed by atoms with Crippen molar-refractivity contribution in [3.05, 3.63) is 92.4 Å². The highest BCUT2D eigenvalue weighted by molar-refractivity contribution is 5.64. The van der Waals surface area contributed by atoms with Crippen LogP contribution in [0.25, 0.3) is 0 Å². The second-order valence-electron chi connectivity index (χ2n) is 7.64. The molecule has 0 heterocycles. The Morgan fingerprint density at radius 2 is 1.18 bits per heavy atom. The van der Waals surface area contributed by atoms with Gasteiger partial charge in [0.2, 0.25) is 0 Å². The van der Waals surface area contributed by atoms with Crippen LogP contribution in [0.4, 0.5) is 5.69 Å². The molecule has 28 heavy (non-hydrogen) atoms. The third-order valence-corrected chi connectivity index (χ3v) is 5.70. The maximum Gasteiger partial charge on any atom is 0.118 e. The molecule has 0 bridgehead atoms. The predicted molar refractivity (Wildman–Crippen MR) is 113 cm³/mol. The molecule has 3 aromatic carbocycles. The van der Waals surface area contributed by atoms with Crippen LogP contribution in [0, 0.1) is 32.6 Å². The van der Waals surface area contributed by atoms with Crippen molar-refractivity contribution < 1.29 is 10.2 Å². The molecule has 4 heteroatoms. The SMILES string of the molecule is Cc1cc(C(C)(c2cc(C)c(O)cc2C)c2ccccc2N=O)c(C)cc1O. The molecule has 0 radical (unpaired) electrons. The Bertz CT molecular complexity index is 1010. The lowest BCUT2D eigenvalue weighted by Crippen LogP contribution is -2.28. The van der Waals surface area contributed by atoms with Gasteiger partial charge >= 0.3 is 0 Å². The molecule has 0 saturated heterocycles. The first kappa shape index (κ1) is 19.6. The third kappa shape index (κ3) is 3.05. The van der Waals surface area contributed by atoms with Crippen LogP contribution in [0.3, 0.4) is 0 Å². The Labute approximate surface area is 165 Å². The largest absolute Gasteiger partial charge is 0.508 e. The van der Waals surface area contributed by atoms with Gasteiger partial charge in [-0.2, -0.15) is 0 Å². The van der Waals surface area contributed by atoms with Gasteiger partial charge < -0.3 is 10.2 Å². The third-order valence-electron chi connectivity index (χ3n) is 5.70. The van der Waals surface area contributed by atoms with Gasteiger partial charge in [-0.05, 0) is 96.9 Å². The molecular formula is C24H25NO3. The summed E-state index contributed by atoms with van der Waals surface area (Å²) in [4.78, 5) is 11.6. The first-order valence-corrected chi connectivity index (χ1v) is 9.24. The van der Waals surface area contributed by atoms with Crippen LogP contribution in [-0.2, 0) is 5.41 Å². The zero-order chi connectivity index (χ0) is 20.6. The molecule has 4 nitrogen and oxygen atoms in total. The molecule has 0 aliphatic rings. The Hall–Kier alpha value is -3.14. The quantitative estimate of drug-likeness (QED) is 0.428. The highest BCUT2D eigenvalue weighted by Crippen LogP contribution is 2.47. The minimum absolute atomic E-state index is 0.240. The molecule has 0 aromatic heterocycles. The van der Waals surface area contributed by atoms with Crippen LogP contribution in [0.5, 0.6) is 11.5 Å². The second-order valence-corrected chi connectivity index (χ2v) is 7.64. The minimum Gasteiger partial charge on any atom is -0.508 e. The minimum atomic E-state index is -0.699. The number of aromatic hydroxyl groups is 2. The number of nitrogens with zero attached hydrogens (tertiary/aromatic N) is 1. The molecule has 0 fully saturated rings. The highest BCUT2D eigenvalue weighted by Gasteiger charge is 2.36. The van der Waals surface area contributed by atoms with Gasteiger partial charge in [-0.25, -0.2) is 0 Å². The number of hydrogen-bond acceptors (Lipinski definition) is 4. The average Bonchev–Trinajstić information content (AvgIpc) is 2.67. The van der Waals surface area contributed by atoms with Gasteiger partial charge in [0.1, 0.15) is 17.2 Å². The topological polar surface area (TPSA) is 69.9 Å². The van der Waals surface area contributed by atoms with E-state index < -0.39 is 5.41 Å². The Balaban J connectivity index is 2.47. The zero-order valence-corrected chi connectivity index (χ0v) is 16.9. The summed E-state index contributed by atoms with van der Waals surface area (Å²) in [5.41, 5.74) is 5.77. The maximum atomic E-state index is 11.6. The fourth-order valence-corrected chi connectivity index (χ4v) is 4.09. The second kappa shape index (κ2) is 7.12. The number of phenolic OH excluding ortho intramolecular Hbond substituents is 2. The van der Waals surface area contributed by atoms with E-state index >= 15 is 0 Å². The lowest BCUT2D eigenvalue weighted by molar-refractivity contribution is 0.469. The normalized spacial score (nSPS) is 11.5. The van der Waals surface area contributed by atoms with Crippen LogP contribution in [-0.4, -0.2) is 10.2 Å². The van der Waals surface area contributed by atoms with Crippen LogP contribution in [0.15, 0.2) is 53.7 Å². The van der Waals surface area contributed by atoms with E-state index in [1.165, 1.54) is 0 Å².